The van der Waals surface area contributed by atoms with E-state index in [1.54, 1.807) is 6.08 Å². The van der Waals surface area contributed by atoms with Crippen molar-refractivity contribution in [1.82, 2.24) is 0 Å². The van der Waals surface area contributed by atoms with Gasteiger partial charge < -0.3 is 9.80 Å². The van der Waals surface area contributed by atoms with Crippen LogP contribution in [-0.4, -0.2) is 12.1 Å². The third kappa shape index (κ3) is 2.82. The summed E-state index contributed by atoms with van der Waals surface area (Å²) in [7, 11) is 0. The smallest absolute Gasteiger partial charge is 0.110 e. The van der Waals surface area contributed by atoms with Crippen LogP contribution >= 0.6 is 0 Å². The summed E-state index contributed by atoms with van der Waals surface area (Å²) in [4.78, 5) is 4.66. The number of hydrogen-bond donors (Lipinski definition) is 0. The van der Waals surface area contributed by atoms with Gasteiger partial charge >= 0.3 is 0 Å². The maximum absolute atomic E-state index is 15.2. The molecule has 0 aromatic heterocycles. The molecule has 1 saturated heterocycles. The second-order valence-corrected chi connectivity index (χ2v) is 9.60. The predicted octanol–water partition coefficient (Wildman–Crippen LogP) is 7.12. The number of hydrogen-bond acceptors (Lipinski definition) is 3. The first-order chi connectivity index (χ1) is 17.3. The molecule has 0 radical (unpaired) electrons. The van der Waals surface area contributed by atoms with Crippen LogP contribution in [0.2, 0.25) is 0 Å². The fourth-order valence-electron chi connectivity index (χ4n) is 6.48. The van der Waals surface area contributed by atoms with E-state index < -0.39 is 0 Å². The second-order valence-electron chi connectivity index (χ2n) is 9.60. The van der Waals surface area contributed by atoms with E-state index in [9.17, 15) is 5.26 Å². The number of nitriles is 1. The highest BCUT2D eigenvalue weighted by Crippen LogP contribution is 2.56. The van der Waals surface area contributed by atoms with Crippen LogP contribution in [0.3, 0.4) is 0 Å². The summed E-state index contributed by atoms with van der Waals surface area (Å²) < 4.78 is 15.2. The summed E-state index contributed by atoms with van der Waals surface area (Å²) in [6, 6.07) is 16.7. The summed E-state index contributed by atoms with van der Waals surface area (Å²) in [5, 5.41) is 9.95. The van der Waals surface area contributed by atoms with E-state index in [0.29, 0.717) is 5.56 Å². The maximum atomic E-state index is 15.2. The lowest BCUT2D eigenvalue weighted by Crippen LogP contribution is -2.34. The lowest BCUT2D eigenvalue weighted by Gasteiger charge is -2.34. The Labute approximate surface area is 204 Å². The molecular formula is C31H24FN3. The SMILES string of the molecule is N#Cc1ccccc1N1c2c(cccc2N2C3=CCCC=C3C3C(F)=CC=CC32)C2C=CC=CC21. The van der Waals surface area contributed by atoms with Crippen LogP contribution in [0.4, 0.5) is 21.5 Å². The fraction of sp³-hybridized carbons (Fsp3) is 0.194. The van der Waals surface area contributed by atoms with Crippen molar-refractivity contribution in [2.45, 2.75) is 30.8 Å². The minimum Gasteiger partial charge on any atom is -0.332 e. The molecule has 4 unspecified atom stereocenters. The van der Waals surface area contributed by atoms with Crippen LogP contribution in [0.1, 0.15) is 29.9 Å². The minimum atomic E-state index is -0.272. The van der Waals surface area contributed by atoms with Crippen molar-refractivity contribution >= 4 is 17.1 Å². The van der Waals surface area contributed by atoms with Gasteiger partial charge in [-0.3, -0.25) is 0 Å². The van der Waals surface area contributed by atoms with Gasteiger partial charge in [-0.1, -0.05) is 72.9 Å². The summed E-state index contributed by atoms with van der Waals surface area (Å²) in [5.74, 6) is -0.155. The van der Waals surface area contributed by atoms with Crippen molar-refractivity contribution in [1.29, 1.82) is 5.26 Å². The van der Waals surface area contributed by atoms with Crippen molar-refractivity contribution in [3.05, 3.63) is 125 Å². The Kier molecular flexibility index (Phi) is 4.47. The van der Waals surface area contributed by atoms with Crippen LogP contribution in [0.25, 0.3) is 0 Å². The van der Waals surface area contributed by atoms with Crippen molar-refractivity contribution in [2.75, 3.05) is 9.80 Å². The normalized spacial score (nSPS) is 27.4. The van der Waals surface area contributed by atoms with Crippen LogP contribution in [-0.2, 0) is 0 Å². The highest BCUT2D eigenvalue weighted by molar-refractivity contribution is 5.90. The van der Waals surface area contributed by atoms with Gasteiger partial charge in [0.2, 0.25) is 0 Å². The molecule has 3 aliphatic carbocycles. The molecule has 0 saturated carbocycles. The van der Waals surface area contributed by atoms with E-state index in [2.05, 4.69) is 76.6 Å². The standard InChI is InChI=1S/C31H24FN3/c32-24-13-8-17-28-30(24)23-11-3-6-16-27(23)34(28)29-18-7-12-22-21-10-2-5-15-26(21)35(31(22)29)25-14-4-1-9-20(25)19-33/h1-2,4-5,7-18,21,26,28,30H,3,6H2. The molecule has 0 N–H and O–H groups in total. The second kappa shape index (κ2) is 7.71. The first kappa shape index (κ1) is 20.3. The molecule has 2 aliphatic heterocycles. The number of allylic oxidation sites excluding steroid dienone is 7. The van der Waals surface area contributed by atoms with E-state index >= 15 is 4.39 Å². The summed E-state index contributed by atoms with van der Waals surface area (Å²) in [6.45, 7) is 0. The van der Waals surface area contributed by atoms with Crippen molar-refractivity contribution in [3.8, 4) is 6.07 Å². The number of nitrogens with zero attached hydrogens (tertiary/aromatic N) is 3. The van der Waals surface area contributed by atoms with Gasteiger partial charge in [0.15, 0.2) is 0 Å². The van der Waals surface area contributed by atoms with Crippen molar-refractivity contribution in [3.63, 3.8) is 0 Å². The molecule has 7 rings (SSSR count). The lowest BCUT2D eigenvalue weighted by atomic mass is 9.88. The van der Waals surface area contributed by atoms with E-state index in [4.69, 9.17) is 0 Å². The predicted molar refractivity (Wildman–Crippen MR) is 138 cm³/mol. The summed E-state index contributed by atoms with van der Waals surface area (Å²) in [6.07, 6.45) is 20.6. The molecule has 35 heavy (non-hydrogen) atoms. The van der Waals surface area contributed by atoms with Crippen molar-refractivity contribution in [2.24, 2.45) is 5.92 Å². The van der Waals surface area contributed by atoms with Crippen LogP contribution in [0.15, 0.2) is 114 Å². The van der Waals surface area contributed by atoms with Gasteiger partial charge in [0.1, 0.15) is 11.9 Å². The molecule has 0 amide bonds. The highest BCUT2D eigenvalue weighted by Gasteiger charge is 2.47. The van der Waals surface area contributed by atoms with Gasteiger partial charge in [-0.05, 0) is 48.3 Å². The quantitative estimate of drug-likeness (QED) is 0.481. The van der Waals surface area contributed by atoms with E-state index in [1.807, 2.05) is 30.3 Å². The molecule has 3 nitrogen and oxygen atoms in total. The first-order valence-corrected chi connectivity index (χ1v) is 12.3. The van der Waals surface area contributed by atoms with Crippen LogP contribution in [0.5, 0.6) is 0 Å². The molecule has 2 aromatic carbocycles. The molecule has 0 spiro atoms. The molecule has 5 aliphatic rings. The lowest BCUT2D eigenvalue weighted by molar-refractivity contribution is 0.495. The zero-order valence-electron chi connectivity index (χ0n) is 19.2. The van der Waals surface area contributed by atoms with Crippen molar-refractivity contribution < 1.29 is 4.39 Å². The van der Waals surface area contributed by atoms with Crippen LogP contribution in [0, 0.1) is 17.2 Å². The molecule has 2 heterocycles. The monoisotopic (exact) mass is 457 g/mol. The largest absolute Gasteiger partial charge is 0.332 e. The molecule has 170 valence electrons. The van der Waals surface area contributed by atoms with Gasteiger partial charge in [-0.15, -0.1) is 0 Å². The van der Waals surface area contributed by atoms with Gasteiger partial charge in [0, 0.05) is 11.6 Å². The molecule has 2 aromatic rings. The molecule has 4 heteroatoms. The van der Waals surface area contributed by atoms with Crippen LogP contribution < -0.4 is 9.80 Å². The van der Waals surface area contributed by atoms with Gasteiger partial charge in [0.25, 0.3) is 0 Å². The third-order valence-corrected chi connectivity index (χ3v) is 7.85. The zero-order valence-corrected chi connectivity index (χ0v) is 19.2. The topological polar surface area (TPSA) is 30.3 Å². The zero-order chi connectivity index (χ0) is 23.5. The minimum absolute atomic E-state index is 0.0714. The Morgan fingerprint density at radius 1 is 0.829 bits per heavy atom. The Morgan fingerprint density at radius 2 is 1.63 bits per heavy atom. The summed E-state index contributed by atoms with van der Waals surface area (Å²) in [5.41, 5.74) is 7.18. The number of rotatable bonds is 2. The number of halogens is 1. The van der Waals surface area contributed by atoms with E-state index in [1.165, 1.54) is 5.56 Å². The Morgan fingerprint density at radius 3 is 2.54 bits per heavy atom. The van der Waals surface area contributed by atoms with E-state index in [-0.39, 0.29) is 29.7 Å². The molecule has 0 bridgehead atoms. The highest BCUT2D eigenvalue weighted by atomic mass is 19.1. The number of para-hydroxylation sites is 2. The Hall–Kier alpha value is -4.10. The van der Waals surface area contributed by atoms with Gasteiger partial charge in [-0.2, -0.15) is 5.26 Å². The average Bonchev–Trinajstić information content (AvgIpc) is 3.42. The van der Waals surface area contributed by atoms with E-state index in [0.717, 1.165) is 41.2 Å². The average molecular weight is 458 g/mol. The Bertz CT molecular complexity index is 1460. The fourth-order valence-corrected chi connectivity index (χ4v) is 6.48. The van der Waals surface area contributed by atoms with Gasteiger partial charge in [-0.25, -0.2) is 4.39 Å². The maximum Gasteiger partial charge on any atom is 0.110 e. The molecule has 4 atom stereocenters. The van der Waals surface area contributed by atoms with Gasteiger partial charge in [0.05, 0.1) is 40.6 Å². The number of benzene rings is 2. The molecule has 1 fully saturated rings. The Balaban J connectivity index is 1.47. The first-order valence-electron chi connectivity index (χ1n) is 12.3. The molecular weight excluding hydrogens is 433 g/mol. The number of anilines is 3. The number of fused-ring (bicyclic) bond motifs is 6. The summed E-state index contributed by atoms with van der Waals surface area (Å²) >= 11 is 0. The third-order valence-electron chi connectivity index (χ3n) is 7.85.